The number of rotatable bonds is 6. The van der Waals surface area contributed by atoms with Crippen LogP contribution in [0.1, 0.15) is 42.7 Å². The molecule has 4 heteroatoms. The molecule has 1 amide bonds. The second-order valence-corrected chi connectivity index (χ2v) is 6.36. The minimum absolute atomic E-state index is 0.0247. The molecule has 0 atom stereocenters. The van der Waals surface area contributed by atoms with Gasteiger partial charge in [0, 0.05) is 30.5 Å². The number of nitrogens with one attached hydrogen (secondary N) is 1. The summed E-state index contributed by atoms with van der Waals surface area (Å²) in [5.74, 6) is -0.0247. The molecule has 0 saturated heterocycles. The predicted octanol–water partition coefficient (Wildman–Crippen LogP) is 3.71. The Morgan fingerprint density at radius 2 is 2.00 bits per heavy atom. The Labute approximate surface area is 137 Å². The molecule has 1 aliphatic rings. The second-order valence-electron chi connectivity index (χ2n) is 6.36. The Bertz CT molecular complexity index is 665. The van der Waals surface area contributed by atoms with Crippen molar-refractivity contribution >= 4 is 11.6 Å². The lowest BCUT2D eigenvalue weighted by molar-refractivity contribution is 0.0684. The summed E-state index contributed by atoms with van der Waals surface area (Å²) in [5, 5.41) is 3.42. The van der Waals surface area contributed by atoms with Gasteiger partial charge in [-0.2, -0.15) is 0 Å². The third kappa shape index (κ3) is 4.09. The summed E-state index contributed by atoms with van der Waals surface area (Å²) in [5.41, 5.74) is 2.61. The van der Waals surface area contributed by atoms with Gasteiger partial charge in [0.25, 0.3) is 5.91 Å². The molecule has 0 aliphatic heterocycles. The molecule has 2 aromatic rings. The number of carbonyl (C=O) groups excluding carboxylic acids is 1. The van der Waals surface area contributed by atoms with E-state index in [4.69, 9.17) is 0 Å². The summed E-state index contributed by atoms with van der Waals surface area (Å²) in [4.78, 5) is 19.0. The van der Waals surface area contributed by atoms with Crippen LogP contribution in [0.5, 0.6) is 0 Å². The van der Waals surface area contributed by atoms with Crippen LogP contribution in [0.25, 0.3) is 0 Å². The van der Waals surface area contributed by atoms with Crippen molar-refractivity contribution in [1.82, 2.24) is 9.88 Å². The van der Waals surface area contributed by atoms with Gasteiger partial charge >= 0.3 is 0 Å². The van der Waals surface area contributed by atoms with Crippen molar-refractivity contribution in [1.29, 1.82) is 0 Å². The van der Waals surface area contributed by atoms with Crippen LogP contribution in [0.3, 0.4) is 0 Å². The molecule has 0 bridgehead atoms. The van der Waals surface area contributed by atoms with Crippen LogP contribution in [-0.4, -0.2) is 27.9 Å². The second kappa shape index (κ2) is 6.82. The van der Waals surface area contributed by atoms with Crippen molar-refractivity contribution in [2.45, 2.75) is 45.3 Å². The normalized spacial score (nSPS) is 13.9. The van der Waals surface area contributed by atoms with Gasteiger partial charge in [0.15, 0.2) is 0 Å². The average molecular weight is 309 g/mol. The quantitative estimate of drug-likeness (QED) is 0.885. The molecule has 1 aliphatic carbocycles. The molecule has 4 nitrogen and oxygen atoms in total. The molecule has 1 saturated carbocycles. The number of aromatic nitrogens is 1. The summed E-state index contributed by atoms with van der Waals surface area (Å²) in [6.07, 6.45) is 4.12. The van der Waals surface area contributed by atoms with Crippen LogP contribution in [0, 0.1) is 0 Å². The van der Waals surface area contributed by atoms with Crippen molar-refractivity contribution in [3.63, 3.8) is 0 Å². The molecular formula is C19H23N3O. The van der Waals surface area contributed by atoms with E-state index in [2.05, 4.69) is 10.3 Å². The predicted molar refractivity (Wildman–Crippen MR) is 92.3 cm³/mol. The first kappa shape index (κ1) is 15.5. The minimum atomic E-state index is -0.0247. The zero-order chi connectivity index (χ0) is 16.2. The van der Waals surface area contributed by atoms with Gasteiger partial charge in [-0.3, -0.25) is 9.78 Å². The molecule has 1 fully saturated rings. The van der Waals surface area contributed by atoms with Crippen molar-refractivity contribution in [2.24, 2.45) is 0 Å². The van der Waals surface area contributed by atoms with Crippen LogP contribution >= 0.6 is 0 Å². The molecule has 3 rings (SSSR count). The third-order valence-corrected chi connectivity index (χ3v) is 4.01. The first-order valence-electron chi connectivity index (χ1n) is 8.21. The maximum absolute atomic E-state index is 12.9. The number of pyridine rings is 1. The Morgan fingerprint density at radius 3 is 2.65 bits per heavy atom. The van der Waals surface area contributed by atoms with E-state index >= 15 is 0 Å². The summed E-state index contributed by atoms with van der Waals surface area (Å²) in [6, 6.07) is 14.5. The van der Waals surface area contributed by atoms with Gasteiger partial charge < -0.3 is 10.2 Å². The number of amides is 1. The molecule has 23 heavy (non-hydrogen) atoms. The number of benzene rings is 1. The Morgan fingerprint density at radius 1 is 1.26 bits per heavy atom. The highest BCUT2D eigenvalue weighted by atomic mass is 16.2. The maximum atomic E-state index is 12.9. The van der Waals surface area contributed by atoms with E-state index in [9.17, 15) is 4.79 Å². The summed E-state index contributed by atoms with van der Waals surface area (Å²) >= 11 is 0. The first-order valence-corrected chi connectivity index (χ1v) is 8.21. The van der Waals surface area contributed by atoms with E-state index < -0.39 is 0 Å². The van der Waals surface area contributed by atoms with Crippen molar-refractivity contribution < 1.29 is 4.79 Å². The van der Waals surface area contributed by atoms with Gasteiger partial charge in [-0.25, -0.2) is 0 Å². The summed E-state index contributed by atoms with van der Waals surface area (Å²) < 4.78 is 0. The standard InChI is InChI=1S/C19H23N3O/c1-14(2)22(13-15-6-4-3-5-7-15)19(23)18-12-17(10-11-20-18)21-16-8-9-16/h3-7,10-12,14,16H,8-9,13H2,1-2H3,(H,20,21). The fourth-order valence-corrected chi connectivity index (χ4v) is 2.52. The molecule has 0 unspecified atom stereocenters. The Balaban J connectivity index is 1.77. The van der Waals surface area contributed by atoms with E-state index in [1.165, 1.54) is 12.8 Å². The lowest BCUT2D eigenvalue weighted by Crippen LogP contribution is -2.36. The topological polar surface area (TPSA) is 45.2 Å². The van der Waals surface area contributed by atoms with Crippen LogP contribution in [-0.2, 0) is 6.54 Å². The minimum Gasteiger partial charge on any atom is -0.382 e. The molecule has 1 heterocycles. The highest BCUT2D eigenvalue weighted by molar-refractivity contribution is 5.93. The number of hydrogen-bond acceptors (Lipinski definition) is 3. The van der Waals surface area contributed by atoms with E-state index in [1.807, 2.05) is 61.2 Å². The smallest absolute Gasteiger partial charge is 0.273 e. The molecule has 0 radical (unpaired) electrons. The number of nitrogens with zero attached hydrogens (tertiary/aromatic N) is 2. The van der Waals surface area contributed by atoms with Gasteiger partial charge in [-0.15, -0.1) is 0 Å². The van der Waals surface area contributed by atoms with Crippen LogP contribution in [0.15, 0.2) is 48.7 Å². The summed E-state index contributed by atoms with van der Waals surface area (Å²) in [6.45, 7) is 4.67. The van der Waals surface area contributed by atoms with Gasteiger partial charge in [-0.1, -0.05) is 30.3 Å². The number of hydrogen-bond donors (Lipinski definition) is 1. The molecule has 0 spiro atoms. The highest BCUT2D eigenvalue weighted by Crippen LogP contribution is 2.25. The van der Waals surface area contributed by atoms with E-state index in [-0.39, 0.29) is 11.9 Å². The maximum Gasteiger partial charge on any atom is 0.273 e. The lowest BCUT2D eigenvalue weighted by Gasteiger charge is -2.26. The SMILES string of the molecule is CC(C)N(Cc1ccccc1)C(=O)c1cc(NC2CC2)ccn1. The molecule has 1 aromatic carbocycles. The molecule has 1 aromatic heterocycles. The fraction of sp³-hybridized carbons (Fsp3) is 0.368. The van der Waals surface area contributed by atoms with Crippen molar-refractivity contribution in [3.05, 3.63) is 59.9 Å². The van der Waals surface area contributed by atoms with Crippen LogP contribution in [0.4, 0.5) is 5.69 Å². The fourth-order valence-electron chi connectivity index (χ4n) is 2.52. The third-order valence-electron chi connectivity index (χ3n) is 4.01. The van der Waals surface area contributed by atoms with Gasteiger partial charge in [-0.05, 0) is 44.4 Å². The Hall–Kier alpha value is -2.36. The first-order chi connectivity index (χ1) is 11.1. The largest absolute Gasteiger partial charge is 0.382 e. The average Bonchev–Trinajstić information content (AvgIpc) is 3.37. The van der Waals surface area contributed by atoms with E-state index in [0.29, 0.717) is 18.3 Å². The number of carbonyl (C=O) groups is 1. The van der Waals surface area contributed by atoms with Gasteiger partial charge in [0.2, 0.25) is 0 Å². The van der Waals surface area contributed by atoms with Crippen LogP contribution in [0.2, 0.25) is 0 Å². The van der Waals surface area contributed by atoms with Gasteiger partial charge in [0.1, 0.15) is 5.69 Å². The zero-order valence-electron chi connectivity index (χ0n) is 13.7. The molecular weight excluding hydrogens is 286 g/mol. The molecule has 120 valence electrons. The van der Waals surface area contributed by atoms with Crippen molar-refractivity contribution in [3.8, 4) is 0 Å². The summed E-state index contributed by atoms with van der Waals surface area (Å²) in [7, 11) is 0. The lowest BCUT2D eigenvalue weighted by atomic mass is 10.1. The molecule has 1 N–H and O–H groups in total. The van der Waals surface area contributed by atoms with Crippen molar-refractivity contribution in [2.75, 3.05) is 5.32 Å². The van der Waals surface area contributed by atoms with Gasteiger partial charge in [0.05, 0.1) is 0 Å². The van der Waals surface area contributed by atoms with E-state index in [0.717, 1.165) is 11.3 Å². The zero-order valence-corrected chi connectivity index (χ0v) is 13.7. The number of anilines is 1. The monoisotopic (exact) mass is 309 g/mol. The van der Waals surface area contributed by atoms with Crippen LogP contribution < -0.4 is 5.32 Å². The highest BCUT2D eigenvalue weighted by Gasteiger charge is 2.23. The van der Waals surface area contributed by atoms with E-state index in [1.54, 1.807) is 6.20 Å². The Kier molecular flexibility index (Phi) is 4.60.